The number of benzene rings is 1. The second-order valence-electron chi connectivity index (χ2n) is 5.76. The summed E-state index contributed by atoms with van der Waals surface area (Å²) in [7, 11) is 0. The highest BCUT2D eigenvalue weighted by Crippen LogP contribution is 2.29. The largest absolute Gasteiger partial charge is 0.477 e. The molecule has 3 rings (SSSR count). The molecule has 0 unspecified atom stereocenters. The summed E-state index contributed by atoms with van der Waals surface area (Å²) in [5, 5.41) is 9.51. The van der Waals surface area contributed by atoms with Crippen LogP contribution in [0.4, 0.5) is 0 Å². The molecular weight excluding hydrogens is 328 g/mol. The van der Waals surface area contributed by atoms with E-state index in [4.69, 9.17) is 14.7 Å². The van der Waals surface area contributed by atoms with Crippen LogP contribution in [0.25, 0.3) is 16.4 Å². The fourth-order valence-electron chi connectivity index (χ4n) is 2.91. The third-order valence-electron chi connectivity index (χ3n) is 4.04. The Morgan fingerprint density at radius 3 is 2.85 bits per heavy atom. The third kappa shape index (κ3) is 3.55. The van der Waals surface area contributed by atoms with E-state index in [-0.39, 0.29) is 12.6 Å². The van der Waals surface area contributed by atoms with Gasteiger partial charge in [0.2, 0.25) is 0 Å². The SMILES string of the molecule is CC/C=C\CCOC(=O)c1c2ccccc2n2cc(OCC#N)ccc12. The van der Waals surface area contributed by atoms with Crippen molar-refractivity contribution in [3.05, 3.63) is 60.3 Å². The second-order valence-corrected chi connectivity index (χ2v) is 5.76. The Kier molecular flexibility index (Phi) is 5.55. The monoisotopic (exact) mass is 348 g/mol. The van der Waals surface area contributed by atoms with E-state index in [1.165, 1.54) is 0 Å². The van der Waals surface area contributed by atoms with E-state index in [1.54, 1.807) is 12.3 Å². The summed E-state index contributed by atoms with van der Waals surface area (Å²) in [4.78, 5) is 12.7. The molecule has 5 heteroatoms. The van der Waals surface area contributed by atoms with E-state index >= 15 is 0 Å². The van der Waals surface area contributed by atoms with E-state index in [0.717, 1.165) is 22.8 Å². The molecule has 0 saturated heterocycles. The van der Waals surface area contributed by atoms with Crippen molar-refractivity contribution < 1.29 is 14.3 Å². The minimum Gasteiger partial charge on any atom is -0.477 e. The van der Waals surface area contributed by atoms with Gasteiger partial charge in [-0.3, -0.25) is 0 Å². The summed E-state index contributed by atoms with van der Waals surface area (Å²) in [5.41, 5.74) is 2.19. The number of nitrogens with zero attached hydrogens (tertiary/aromatic N) is 2. The highest BCUT2D eigenvalue weighted by atomic mass is 16.5. The summed E-state index contributed by atoms with van der Waals surface area (Å²) < 4.78 is 12.7. The average molecular weight is 348 g/mol. The highest BCUT2D eigenvalue weighted by Gasteiger charge is 2.19. The first-order valence-corrected chi connectivity index (χ1v) is 8.61. The number of allylic oxidation sites excluding steroid dienone is 1. The van der Waals surface area contributed by atoms with Crippen LogP contribution in [0.1, 0.15) is 30.1 Å². The molecule has 26 heavy (non-hydrogen) atoms. The Hall–Kier alpha value is -3.26. The molecule has 0 aliphatic carbocycles. The van der Waals surface area contributed by atoms with Gasteiger partial charge in [0.05, 0.1) is 29.4 Å². The van der Waals surface area contributed by atoms with Gasteiger partial charge in [0.1, 0.15) is 11.8 Å². The maximum absolute atomic E-state index is 12.7. The number of carbonyl (C=O) groups is 1. The van der Waals surface area contributed by atoms with Gasteiger partial charge in [-0.2, -0.15) is 5.26 Å². The Morgan fingerprint density at radius 1 is 1.19 bits per heavy atom. The minimum absolute atomic E-state index is 0.0229. The topological polar surface area (TPSA) is 63.7 Å². The van der Waals surface area contributed by atoms with Crippen LogP contribution in [0.15, 0.2) is 54.7 Å². The van der Waals surface area contributed by atoms with Crippen molar-refractivity contribution in [1.29, 1.82) is 5.26 Å². The van der Waals surface area contributed by atoms with Gasteiger partial charge in [0.25, 0.3) is 0 Å². The van der Waals surface area contributed by atoms with Crippen molar-refractivity contribution in [2.45, 2.75) is 19.8 Å². The number of hydrogen-bond donors (Lipinski definition) is 0. The molecular formula is C21H20N2O3. The zero-order valence-corrected chi connectivity index (χ0v) is 14.6. The van der Waals surface area contributed by atoms with E-state index in [0.29, 0.717) is 24.3 Å². The lowest BCUT2D eigenvalue weighted by Crippen LogP contribution is -2.06. The fourth-order valence-corrected chi connectivity index (χ4v) is 2.91. The first kappa shape index (κ1) is 17.6. The van der Waals surface area contributed by atoms with Crippen LogP contribution >= 0.6 is 0 Å². The quantitative estimate of drug-likeness (QED) is 0.358. The predicted molar refractivity (Wildman–Crippen MR) is 100 cm³/mol. The average Bonchev–Trinajstić information content (AvgIpc) is 3.00. The zero-order chi connectivity index (χ0) is 18.4. The van der Waals surface area contributed by atoms with E-state index in [1.807, 2.05) is 46.9 Å². The second kappa shape index (κ2) is 8.21. The number of rotatable bonds is 7. The van der Waals surface area contributed by atoms with Crippen molar-refractivity contribution >= 4 is 22.4 Å². The molecule has 0 bridgehead atoms. The van der Waals surface area contributed by atoms with Gasteiger partial charge in [-0.05, 0) is 31.0 Å². The molecule has 2 aromatic heterocycles. The van der Waals surface area contributed by atoms with Crippen LogP contribution in [0.5, 0.6) is 5.75 Å². The van der Waals surface area contributed by atoms with E-state index in [9.17, 15) is 4.79 Å². The van der Waals surface area contributed by atoms with Crippen molar-refractivity contribution in [1.82, 2.24) is 4.40 Å². The first-order chi connectivity index (χ1) is 12.8. The molecule has 5 nitrogen and oxygen atoms in total. The lowest BCUT2D eigenvalue weighted by atomic mass is 10.1. The minimum atomic E-state index is -0.334. The van der Waals surface area contributed by atoms with Gasteiger partial charge in [0, 0.05) is 5.39 Å². The van der Waals surface area contributed by atoms with Gasteiger partial charge in [-0.1, -0.05) is 37.3 Å². The van der Waals surface area contributed by atoms with Gasteiger partial charge in [-0.15, -0.1) is 0 Å². The Bertz CT molecular complexity index is 996. The number of para-hydroxylation sites is 1. The Labute approximate surface area is 152 Å². The van der Waals surface area contributed by atoms with Gasteiger partial charge in [-0.25, -0.2) is 4.79 Å². The predicted octanol–water partition coefficient (Wildman–Crippen LogP) is 4.51. The molecule has 0 amide bonds. The summed E-state index contributed by atoms with van der Waals surface area (Å²) >= 11 is 0. The van der Waals surface area contributed by atoms with Crippen molar-refractivity contribution in [2.75, 3.05) is 13.2 Å². The summed E-state index contributed by atoms with van der Waals surface area (Å²) in [6.45, 7) is 2.39. The number of nitriles is 1. The normalized spacial score (nSPS) is 11.1. The fraction of sp³-hybridized carbons (Fsp3) is 0.238. The smallest absolute Gasteiger partial charge is 0.340 e. The maximum Gasteiger partial charge on any atom is 0.340 e. The molecule has 0 spiro atoms. The van der Waals surface area contributed by atoms with Gasteiger partial charge >= 0.3 is 5.97 Å². The number of hydrogen-bond acceptors (Lipinski definition) is 4. The molecule has 0 fully saturated rings. The van der Waals surface area contributed by atoms with Crippen molar-refractivity contribution in [3.63, 3.8) is 0 Å². The van der Waals surface area contributed by atoms with Crippen LogP contribution < -0.4 is 4.74 Å². The highest BCUT2D eigenvalue weighted by molar-refractivity contribution is 6.11. The Balaban J connectivity index is 1.96. The summed E-state index contributed by atoms with van der Waals surface area (Å²) in [6.07, 6.45) is 7.53. The lowest BCUT2D eigenvalue weighted by molar-refractivity contribution is 0.0516. The first-order valence-electron chi connectivity index (χ1n) is 8.61. The number of fused-ring (bicyclic) bond motifs is 3. The molecule has 132 valence electrons. The van der Waals surface area contributed by atoms with Crippen LogP contribution in [0.3, 0.4) is 0 Å². The molecule has 1 aromatic carbocycles. The molecule has 0 aliphatic heterocycles. The Morgan fingerprint density at radius 2 is 2.04 bits per heavy atom. The number of aromatic nitrogens is 1. The number of esters is 1. The van der Waals surface area contributed by atoms with Crippen LogP contribution in [0.2, 0.25) is 0 Å². The molecule has 0 radical (unpaired) electrons. The summed E-state index contributed by atoms with van der Waals surface area (Å²) in [6, 6.07) is 13.2. The lowest BCUT2D eigenvalue weighted by Gasteiger charge is -2.05. The van der Waals surface area contributed by atoms with E-state index in [2.05, 4.69) is 13.0 Å². The van der Waals surface area contributed by atoms with Crippen molar-refractivity contribution in [2.24, 2.45) is 0 Å². The number of pyridine rings is 1. The molecule has 3 aromatic rings. The summed E-state index contributed by atoms with van der Waals surface area (Å²) in [5.74, 6) is 0.240. The van der Waals surface area contributed by atoms with Crippen LogP contribution in [-0.4, -0.2) is 23.6 Å². The van der Waals surface area contributed by atoms with Crippen LogP contribution in [-0.2, 0) is 4.74 Å². The van der Waals surface area contributed by atoms with Crippen molar-refractivity contribution in [3.8, 4) is 11.8 Å². The molecule has 0 N–H and O–H groups in total. The maximum atomic E-state index is 12.7. The standard InChI is InChI=1S/C21H20N2O3/c1-2-3-4-7-13-26-21(24)20-17-8-5-6-9-18(17)23-15-16(25-14-12-22)10-11-19(20)23/h3-6,8-11,15H,2,7,13-14H2,1H3/b4-3-. The van der Waals surface area contributed by atoms with E-state index < -0.39 is 0 Å². The molecule has 2 heterocycles. The van der Waals surface area contributed by atoms with Crippen LogP contribution in [0, 0.1) is 11.3 Å². The molecule has 0 atom stereocenters. The third-order valence-corrected chi connectivity index (χ3v) is 4.04. The molecule has 0 saturated carbocycles. The zero-order valence-electron chi connectivity index (χ0n) is 14.6. The molecule has 0 aliphatic rings. The van der Waals surface area contributed by atoms with Gasteiger partial charge < -0.3 is 13.9 Å². The number of carbonyl (C=O) groups excluding carboxylic acids is 1. The number of ether oxygens (including phenoxy) is 2. The van der Waals surface area contributed by atoms with Gasteiger partial charge in [0.15, 0.2) is 6.61 Å².